The lowest BCUT2D eigenvalue weighted by Crippen LogP contribution is -2.70. The van der Waals surface area contributed by atoms with Crippen molar-refractivity contribution in [1.29, 1.82) is 0 Å². The van der Waals surface area contributed by atoms with E-state index in [4.69, 9.17) is 18.6 Å². The average molecular weight is 555 g/mol. The second-order valence-corrected chi connectivity index (χ2v) is 9.67. The Balaban J connectivity index is 1.64. The third kappa shape index (κ3) is 6.58. The molecular formula is C27H26N2O9S. The third-order valence-electron chi connectivity index (χ3n) is 5.76. The van der Waals surface area contributed by atoms with Crippen LogP contribution in [0, 0.1) is 0 Å². The molecule has 3 heterocycles. The standard InChI is InChI=1S/C27H26N2O9S/c1-3-22(32)37-15-20-19(14-36-16(2)30)24(27(34)38-13-17-8-5-4-6-9-17)29-25(33)23(26(29)39-20)28-21(31)12-18-10-7-11-35-18/h4-11,15,23,26H,3,12-14H2,1-2H3,(H,28,31)/t23?,26-/m1/s1. The summed E-state index contributed by atoms with van der Waals surface area (Å²) in [5.41, 5.74) is 0.707. The minimum atomic E-state index is -0.977. The van der Waals surface area contributed by atoms with Crippen LogP contribution in [0.15, 0.2) is 75.6 Å². The summed E-state index contributed by atoms with van der Waals surface area (Å²) >= 11 is 1.08. The molecule has 0 aliphatic carbocycles. The molecule has 39 heavy (non-hydrogen) atoms. The van der Waals surface area contributed by atoms with Crippen LogP contribution in [0.5, 0.6) is 0 Å². The van der Waals surface area contributed by atoms with Crippen LogP contribution >= 0.6 is 11.8 Å². The summed E-state index contributed by atoms with van der Waals surface area (Å²) in [5, 5.41) is 1.93. The molecular weight excluding hydrogens is 528 g/mol. The molecule has 1 unspecified atom stereocenters. The topological polar surface area (TPSA) is 141 Å². The molecule has 1 aromatic carbocycles. The Morgan fingerprint density at radius 3 is 2.51 bits per heavy atom. The Kier molecular flexibility index (Phi) is 8.87. The first-order chi connectivity index (χ1) is 18.8. The fraction of sp³-hybridized carbons (Fsp3) is 0.296. The van der Waals surface area contributed by atoms with Crippen molar-refractivity contribution in [3.05, 3.63) is 82.5 Å². The van der Waals surface area contributed by atoms with Gasteiger partial charge in [-0.3, -0.25) is 24.1 Å². The van der Waals surface area contributed by atoms with E-state index < -0.39 is 41.1 Å². The maximum Gasteiger partial charge on any atom is 0.355 e. The Labute approximate surface area is 228 Å². The lowest BCUT2D eigenvalue weighted by molar-refractivity contribution is -0.153. The number of nitrogens with one attached hydrogen (secondary N) is 1. The van der Waals surface area contributed by atoms with Gasteiger partial charge in [0.05, 0.1) is 17.6 Å². The quantitative estimate of drug-likeness (QED) is 0.202. The number of β-lactam (4-membered cyclic amide) rings is 1. The van der Waals surface area contributed by atoms with Gasteiger partial charge in [0.15, 0.2) is 0 Å². The van der Waals surface area contributed by atoms with Crippen molar-refractivity contribution < 1.29 is 42.6 Å². The number of amides is 2. The number of hydrogen-bond donors (Lipinski definition) is 1. The number of rotatable bonds is 10. The summed E-state index contributed by atoms with van der Waals surface area (Å²) in [6.07, 6.45) is 2.61. The van der Waals surface area contributed by atoms with Crippen molar-refractivity contribution in [2.45, 2.75) is 44.7 Å². The van der Waals surface area contributed by atoms with Gasteiger partial charge < -0.3 is 23.9 Å². The largest absolute Gasteiger partial charge is 0.469 e. The maximum absolute atomic E-state index is 13.4. The zero-order chi connectivity index (χ0) is 27.9. The highest BCUT2D eigenvalue weighted by atomic mass is 32.2. The molecule has 2 aromatic rings. The number of benzene rings is 1. The number of carbonyl (C=O) groups excluding carboxylic acids is 5. The first kappa shape index (κ1) is 27.7. The van der Waals surface area contributed by atoms with E-state index >= 15 is 0 Å². The lowest BCUT2D eigenvalue weighted by Gasteiger charge is -2.50. The van der Waals surface area contributed by atoms with Crippen LogP contribution in [0.3, 0.4) is 0 Å². The molecule has 1 aromatic heterocycles. The molecule has 0 saturated carbocycles. The number of thioether (sulfide) groups is 1. The lowest BCUT2D eigenvalue weighted by atomic mass is 10.0. The van der Waals surface area contributed by atoms with Gasteiger partial charge in [0.1, 0.15) is 42.3 Å². The van der Waals surface area contributed by atoms with Gasteiger partial charge in [-0.25, -0.2) is 4.79 Å². The summed E-state index contributed by atoms with van der Waals surface area (Å²) in [5.74, 6) is -2.56. The van der Waals surface area contributed by atoms with E-state index in [-0.39, 0.29) is 42.2 Å². The minimum absolute atomic E-state index is 0.0724. The average Bonchev–Trinajstić information content (AvgIpc) is 3.44. The molecule has 1 N–H and O–H groups in total. The van der Waals surface area contributed by atoms with E-state index in [1.165, 1.54) is 18.1 Å². The second-order valence-electron chi connectivity index (χ2n) is 8.51. The molecule has 0 radical (unpaired) electrons. The Morgan fingerprint density at radius 1 is 1.08 bits per heavy atom. The summed E-state index contributed by atoms with van der Waals surface area (Å²) in [6, 6.07) is 11.3. The van der Waals surface area contributed by atoms with E-state index in [9.17, 15) is 24.0 Å². The van der Waals surface area contributed by atoms with Crippen LogP contribution in [0.25, 0.3) is 0 Å². The van der Waals surface area contributed by atoms with Crippen molar-refractivity contribution in [1.82, 2.24) is 10.2 Å². The van der Waals surface area contributed by atoms with E-state index in [0.717, 1.165) is 23.6 Å². The van der Waals surface area contributed by atoms with Gasteiger partial charge in [-0.15, -0.1) is 0 Å². The van der Waals surface area contributed by atoms with Crippen molar-refractivity contribution in [3.8, 4) is 0 Å². The number of ether oxygens (including phenoxy) is 3. The molecule has 0 spiro atoms. The van der Waals surface area contributed by atoms with Gasteiger partial charge in [0.25, 0.3) is 5.91 Å². The van der Waals surface area contributed by atoms with Crippen LogP contribution in [0.2, 0.25) is 0 Å². The van der Waals surface area contributed by atoms with Gasteiger partial charge in [0, 0.05) is 18.9 Å². The van der Waals surface area contributed by atoms with Gasteiger partial charge >= 0.3 is 17.9 Å². The van der Waals surface area contributed by atoms with E-state index in [2.05, 4.69) is 5.32 Å². The molecule has 0 bridgehead atoms. The predicted octanol–water partition coefficient (Wildman–Crippen LogP) is 2.58. The SMILES string of the molecule is CCC(=O)OC=C1S[C@@H]2C(NC(=O)Cc3ccco3)C(=O)N2C(C(=O)OCc2ccccc2)=C1COC(C)=O. The van der Waals surface area contributed by atoms with Crippen LogP contribution in [0.1, 0.15) is 31.6 Å². The fourth-order valence-electron chi connectivity index (χ4n) is 3.84. The van der Waals surface area contributed by atoms with Crippen molar-refractivity contribution >= 4 is 41.5 Å². The Morgan fingerprint density at radius 2 is 1.85 bits per heavy atom. The highest BCUT2D eigenvalue weighted by Crippen LogP contribution is 2.47. The summed E-state index contributed by atoms with van der Waals surface area (Å²) < 4.78 is 21.1. The van der Waals surface area contributed by atoms with Crippen LogP contribution in [-0.2, 0) is 51.2 Å². The van der Waals surface area contributed by atoms with Gasteiger partial charge in [-0.05, 0) is 17.7 Å². The normalized spacial score (nSPS) is 19.2. The van der Waals surface area contributed by atoms with Gasteiger partial charge in [-0.2, -0.15) is 0 Å². The first-order valence-electron chi connectivity index (χ1n) is 12.1. The molecule has 204 valence electrons. The van der Waals surface area contributed by atoms with E-state index in [0.29, 0.717) is 5.76 Å². The zero-order valence-corrected chi connectivity index (χ0v) is 22.0. The smallest absolute Gasteiger partial charge is 0.355 e. The van der Waals surface area contributed by atoms with Gasteiger partial charge in [-0.1, -0.05) is 49.0 Å². The number of hydrogen-bond acceptors (Lipinski definition) is 10. The monoisotopic (exact) mass is 554 g/mol. The van der Waals surface area contributed by atoms with E-state index in [1.54, 1.807) is 43.3 Å². The summed E-state index contributed by atoms with van der Waals surface area (Å²) in [7, 11) is 0. The fourth-order valence-corrected chi connectivity index (χ4v) is 5.14. The first-order valence-corrected chi connectivity index (χ1v) is 13.0. The minimum Gasteiger partial charge on any atom is -0.469 e. The van der Waals surface area contributed by atoms with Crippen LogP contribution in [0.4, 0.5) is 0 Å². The molecule has 12 heteroatoms. The Bertz CT molecular complexity index is 1320. The number of fused-ring (bicyclic) bond motifs is 1. The molecule has 2 aliphatic heterocycles. The highest BCUT2D eigenvalue weighted by Gasteiger charge is 2.56. The third-order valence-corrected chi connectivity index (χ3v) is 7.08. The number of furan rings is 1. The van der Waals surface area contributed by atoms with Gasteiger partial charge in [0.2, 0.25) is 5.91 Å². The molecule has 1 fully saturated rings. The molecule has 2 amide bonds. The second kappa shape index (κ2) is 12.5. The molecule has 11 nitrogen and oxygen atoms in total. The van der Waals surface area contributed by atoms with Crippen LogP contribution < -0.4 is 5.32 Å². The van der Waals surface area contributed by atoms with Crippen molar-refractivity contribution in [2.24, 2.45) is 0 Å². The maximum atomic E-state index is 13.4. The van der Waals surface area contributed by atoms with Crippen molar-refractivity contribution in [2.75, 3.05) is 6.61 Å². The predicted molar refractivity (Wildman–Crippen MR) is 137 cm³/mol. The summed E-state index contributed by atoms with van der Waals surface area (Å²) in [6.45, 7) is 2.37. The number of esters is 3. The summed E-state index contributed by atoms with van der Waals surface area (Å²) in [4.78, 5) is 64.2. The molecule has 2 atom stereocenters. The van der Waals surface area contributed by atoms with Crippen molar-refractivity contribution in [3.63, 3.8) is 0 Å². The van der Waals surface area contributed by atoms with E-state index in [1.807, 2.05) is 6.07 Å². The number of carbonyl (C=O) groups is 5. The zero-order valence-electron chi connectivity index (χ0n) is 21.2. The highest BCUT2D eigenvalue weighted by molar-refractivity contribution is 8.04. The Hall–Kier alpha value is -4.32. The molecule has 1 saturated heterocycles. The molecule has 2 aliphatic rings. The number of nitrogens with zero attached hydrogens (tertiary/aromatic N) is 1. The molecule has 4 rings (SSSR count). The van der Waals surface area contributed by atoms with Crippen LogP contribution in [-0.4, -0.2) is 52.6 Å².